The molecule has 2 heterocycles. The highest BCUT2D eigenvalue weighted by atomic mass is 32.2. The van der Waals surface area contributed by atoms with Crippen LogP contribution < -0.4 is 4.87 Å². The van der Waals surface area contributed by atoms with Gasteiger partial charge in [-0.3, -0.25) is 14.2 Å². The number of hydrogen-bond donors (Lipinski definition) is 0. The molecule has 1 amide bonds. The number of thiazole rings is 1. The number of nitrogens with zero attached hydrogens (tertiary/aromatic N) is 3. The van der Waals surface area contributed by atoms with Gasteiger partial charge >= 0.3 is 4.87 Å². The van der Waals surface area contributed by atoms with Crippen molar-refractivity contribution in [2.75, 3.05) is 26.2 Å². The van der Waals surface area contributed by atoms with Crippen molar-refractivity contribution in [3.63, 3.8) is 0 Å². The number of rotatable bonds is 4. The molecule has 1 aliphatic rings. The van der Waals surface area contributed by atoms with Crippen LogP contribution in [-0.2, 0) is 10.0 Å². The Kier molecular flexibility index (Phi) is 5.71. The highest BCUT2D eigenvalue weighted by Crippen LogP contribution is 2.26. The van der Waals surface area contributed by atoms with Crippen molar-refractivity contribution in [2.24, 2.45) is 0 Å². The van der Waals surface area contributed by atoms with Gasteiger partial charge < -0.3 is 4.90 Å². The molecule has 4 rings (SSSR count). The summed E-state index contributed by atoms with van der Waals surface area (Å²) in [4.78, 5) is 26.3. The lowest BCUT2D eigenvalue weighted by Crippen LogP contribution is -2.50. The van der Waals surface area contributed by atoms with Gasteiger partial charge in [0.1, 0.15) is 5.82 Å². The summed E-state index contributed by atoms with van der Waals surface area (Å²) in [6.45, 7) is 4.38. The lowest BCUT2D eigenvalue weighted by molar-refractivity contribution is 0.0693. The fourth-order valence-corrected chi connectivity index (χ4v) is 6.33. The van der Waals surface area contributed by atoms with E-state index >= 15 is 0 Å². The Bertz CT molecular complexity index is 1310. The van der Waals surface area contributed by atoms with E-state index in [0.29, 0.717) is 10.2 Å². The molecule has 1 aliphatic heterocycles. The van der Waals surface area contributed by atoms with E-state index in [2.05, 4.69) is 0 Å². The SMILES string of the molecule is CC(C)n1c(=O)sc2cc(S(=O)(=O)N3CCN(C(=O)c4ccccc4F)CC3)ccc21. The van der Waals surface area contributed by atoms with Crippen molar-refractivity contribution in [3.8, 4) is 0 Å². The summed E-state index contributed by atoms with van der Waals surface area (Å²) in [6.07, 6.45) is 0. The third kappa shape index (κ3) is 3.90. The molecule has 164 valence electrons. The fraction of sp³-hybridized carbons (Fsp3) is 0.333. The van der Waals surface area contributed by atoms with Gasteiger partial charge in [-0.25, -0.2) is 12.8 Å². The van der Waals surface area contributed by atoms with Gasteiger partial charge in [-0.05, 0) is 44.2 Å². The average molecular weight is 464 g/mol. The van der Waals surface area contributed by atoms with E-state index in [4.69, 9.17) is 0 Å². The van der Waals surface area contributed by atoms with Crippen LogP contribution in [0.15, 0.2) is 52.2 Å². The Morgan fingerprint density at radius 3 is 2.39 bits per heavy atom. The molecule has 1 fully saturated rings. The second-order valence-electron chi connectivity index (χ2n) is 7.64. The molecule has 0 aliphatic carbocycles. The molecule has 10 heteroatoms. The number of aromatic nitrogens is 1. The highest BCUT2D eigenvalue weighted by molar-refractivity contribution is 7.89. The third-order valence-electron chi connectivity index (χ3n) is 5.37. The molecular formula is C21H22FN3O4S2. The molecular weight excluding hydrogens is 441 g/mol. The van der Waals surface area contributed by atoms with Crippen LogP contribution in [0.1, 0.15) is 30.2 Å². The molecule has 1 aromatic heterocycles. The Morgan fingerprint density at radius 2 is 1.74 bits per heavy atom. The molecule has 0 N–H and O–H groups in total. The molecule has 1 saturated heterocycles. The fourth-order valence-electron chi connectivity index (χ4n) is 3.75. The molecule has 0 unspecified atom stereocenters. The van der Waals surface area contributed by atoms with E-state index in [9.17, 15) is 22.4 Å². The molecule has 0 saturated carbocycles. The number of fused-ring (bicyclic) bond motifs is 1. The number of hydrogen-bond acceptors (Lipinski definition) is 5. The summed E-state index contributed by atoms with van der Waals surface area (Å²) >= 11 is 1.02. The van der Waals surface area contributed by atoms with E-state index < -0.39 is 21.7 Å². The standard InChI is InChI=1S/C21H22FN3O4S2/c1-14(2)25-18-8-7-15(13-19(18)30-21(25)27)31(28,29)24-11-9-23(10-12-24)20(26)16-5-3-4-6-17(16)22/h3-8,13-14H,9-12H2,1-2H3. The largest absolute Gasteiger partial charge is 0.336 e. The predicted molar refractivity (Wildman–Crippen MR) is 118 cm³/mol. The summed E-state index contributed by atoms with van der Waals surface area (Å²) < 4.78 is 43.8. The molecule has 0 atom stereocenters. The molecule has 0 spiro atoms. The van der Waals surface area contributed by atoms with Gasteiger partial charge in [-0.2, -0.15) is 4.31 Å². The van der Waals surface area contributed by atoms with Crippen LogP contribution in [0.2, 0.25) is 0 Å². The molecule has 0 bridgehead atoms. The number of carbonyl (C=O) groups is 1. The summed E-state index contributed by atoms with van der Waals surface area (Å²) in [5, 5.41) is 0. The summed E-state index contributed by atoms with van der Waals surface area (Å²) in [5.74, 6) is -1.04. The van der Waals surface area contributed by atoms with Crippen LogP contribution in [-0.4, -0.2) is 54.3 Å². The van der Waals surface area contributed by atoms with E-state index in [-0.39, 0.29) is 47.6 Å². The summed E-state index contributed by atoms with van der Waals surface area (Å²) in [5.41, 5.74) is 0.693. The number of halogens is 1. The Labute approximate surface area is 183 Å². The van der Waals surface area contributed by atoms with Gasteiger partial charge in [-0.15, -0.1) is 0 Å². The van der Waals surface area contributed by atoms with Crippen molar-refractivity contribution in [3.05, 3.63) is 63.5 Å². The molecule has 31 heavy (non-hydrogen) atoms. The summed E-state index contributed by atoms with van der Waals surface area (Å²) in [6, 6.07) is 10.4. The lowest BCUT2D eigenvalue weighted by Gasteiger charge is -2.34. The van der Waals surface area contributed by atoms with Gasteiger partial charge in [-0.1, -0.05) is 23.5 Å². The quantitative estimate of drug-likeness (QED) is 0.596. The van der Waals surface area contributed by atoms with Gasteiger partial charge in [0.05, 0.1) is 20.7 Å². The molecule has 7 nitrogen and oxygen atoms in total. The first kappa shape index (κ1) is 21.7. The topological polar surface area (TPSA) is 79.7 Å². The van der Waals surface area contributed by atoms with Crippen LogP contribution in [0.25, 0.3) is 10.2 Å². The van der Waals surface area contributed by atoms with E-state index in [1.807, 2.05) is 13.8 Å². The van der Waals surface area contributed by atoms with Crippen molar-refractivity contribution >= 4 is 37.5 Å². The number of piperazine rings is 1. The van der Waals surface area contributed by atoms with Crippen molar-refractivity contribution in [2.45, 2.75) is 24.8 Å². The zero-order valence-electron chi connectivity index (χ0n) is 17.1. The maximum absolute atomic E-state index is 13.9. The average Bonchev–Trinajstić information content (AvgIpc) is 3.08. The maximum atomic E-state index is 13.9. The van der Waals surface area contributed by atoms with Gasteiger partial charge in [0.15, 0.2) is 0 Å². The zero-order chi connectivity index (χ0) is 22.3. The van der Waals surface area contributed by atoms with Crippen molar-refractivity contribution < 1.29 is 17.6 Å². The number of benzene rings is 2. The highest BCUT2D eigenvalue weighted by Gasteiger charge is 2.31. The monoisotopic (exact) mass is 463 g/mol. The van der Waals surface area contributed by atoms with Crippen LogP contribution in [0.3, 0.4) is 0 Å². The lowest BCUT2D eigenvalue weighted by atomic mass is 10.1. The number of amides is 1. The zero-order valence-corrected chi connectivity index (χ0v) is 18.7. The second-order valence-corrected chi connectivity index (χ2v) is 10.6. The normalized spacial score (nSPS) is 15.7. The second kappa shape index (κ2) is 8.18. The maximum Gasteiger partial charge on any atom is 0.308 e. The minimum Gasteiger partial charge on any atom is -0.336 e. The van der Waals surface area contributed by atoms with Crippen LogP contribution in [0.5, 0.6) is 0 Å². The van der Waals surface area contributed by atoms with Gasteiger partial charge in [0.2, 0.25) is 10.0 Å². The molecule has 3 aromatic rings. The third-order valence-corrected chi connectivity index (χ3v) is 8.18. The van der Waals surface area contributed by atoms with Crippen LogP contribution >= 0.6 is 11.3 Å². The first-order valence-electron chi connectivity index (χ1n) is 9.89. The Hall–Kier alpha value is -2.56. The van der Waals surface area contributed by atoms with E-state index in [1.165, 1.54) is 39.5 Å². The van der Waals surface area contributed by atoms with Gasteiger partial charge in [0, 0.05) is 32.2 Å². The minimum atomic E-state index is -3.78. The predicted octanol–water partition coefficient (Wildman–Crippen LogP) is 2.93. The van der Waals surface area contributed by atoms with Crippen molar-refractivity contribution in [1.29, 1.82) is 0 Å². The Morgan fingerprint density at radius 1 is 1.06 bits per heavy atom. The molecule has 2 aromatic carbocycles. The van der Waals surface area contributed by atoms with Crippen molar-refractivity contribution in [1.82, 2.24) is 13.8 Å². The number of carbonyl (C=O) groups excluding carboxylic acids is 1. The molecule has 0 radical (unpaired) electrons. The van der Waals surface area contributed by atoms with E-state index in [1.54, 1.807) is 16.7 Å². The van der Waals surface area contributed by atoms with E-state index in [0.717, 1.165) is 11.3 Å². The number of sulfonamides is 1. The minimum absolute atomic E-state index is 0.0196. The summed E-state index contributed by atoms with van der Waals surface area (Å²) in [7, 11) is -3.78. The Balaban J connectivity index is 1.54. The first-order chi connectivity index (χ1) is 14.7. The van der Waals surface area contributed by atoms with Crippen LogP contribution in [0.4, 0.5) is 4.39 Å². The smallest absolute Gasteiger partial charge is 0.308 e. The first-order valence-corrected chi connectivity index (χ1v) is 12.1. The van der Waals surface area contributed by atoms with Gasteiger partial charge in [0.25, 0.3) is 5.91 Å². The van der Waals surface area contributed by atoms with Crippen LogP contribution in [0, 0.1) is 5.82 Å².